The first-order chi connectivity index (χ1) is 15.6. The van der Waals surface area contributed by atoms with Gasteiger partial charge in [0.15, 0.2) is 0 Å². The molecule has 0 saturated heterocycles. The molecule has 1 saturated carbocycles. The lowest BCUT2D eigenvalue weighted by atomic mass is 10.1. The van der Waals surface area contributed by atoms with Gasteiger partial charge in [-0.15, -0.1) is 0 Å². The molecular formula is C24H18FN3O4. The summed E-state index contributed by atoms with van der Waals surface area (Å²) in [5.74, 6) is 1.49. The Morgan fingerprint density at radius 1 is 1.19 bits per heavy atom. The number of hydrogen-bond donors (Lipinski definition) is 2. The first-order valence-electron chi connectivity index (χ1n) is 10.4. The number of benzene rings is 2. The predicted molar refractivity (Wildman–Crippen MR) is 113 cm³/mol. The molecule has 160 valence electrons. The molecule has 1 aromatic heterocycles. The van der Waals surface area contributed by atoms with Crippen molar-refractivity contribution in [2.24, 2.45) is 0 Å². The summed E-state index contributed by atoms with van der Waals surface area (Å²) in [6.07, 6.45) is 2.38. The summed E-state index contributed by atoms with van der Waals surface area (Å²) in [7, 11) is 0. The summed E-state index contributed by atoms with van der Waals surface area (Å²) >= 11 is 0. The van der Waals surface area contributed by atoms with Crippen molar-refractivity contribution in [3.05, 3.63) is 77.2 Å². The van der Waals surface area contributed by atoms with E-state index in [0.717, 1.165) is 16.9 Å². The average molecular weight is 431 g/mol. The second-order valence-electron chi connectivity index (χ2n) is 8.07. The van der Waals surface area contributed by atoms with E-state index in [0.29, 0.717) is 30.2 Å². The number of nitrogens with one attached hydrogen (secondary N) is 2. The minimum absolute atomic E-state index is 0.00471. The molecule has 3 atom stereocenters. The van der Waals surface area contributed by atoms with Gasteiger partial charge in [0.1, 0.15) is 35.0 Å². The quantitative estimate of drug-likeness (QED) is 0.660. The molecule has 6 rings (SSSR count). The highest BCUT2D eigenvalue weighted by Gasteiger charge is 2.59. The average Bonchev–Trinajstić information content (AvgIpc) is 3.30. The number of carbonyl (C=O) groups is 2. The van der Waals surface area contributed by atoms with Crippen LogP contribution in [0, 0.1) is 5.82 Å². The number of fused-ring (bicyclic) bond motifs is 4. The summed E-state index contributed by atoms with van der Waals surface area (Å²) in [5.41, 5.74) is 1.83. The second kappa shape index (κ2) is 7.05. The zero-order valence-corrected chi connectivity index (χ0v) is 16.8. The van der Waals surface area contributed by atoms with Gasteiger partial charge < -0.3 is 20.1 Å². The molecule has 0 bridgehead atoms. The van der Waals surface area contributed by atoms with Crippen molar-refractivity contribution >= 4 is 17.6 Å². The molecule has 8 heteroatoms. The number of anilines is 1. The number of nitrogens with zero attached hydrogens (tertiary/aromatic N) is 1. The summed E-state index contributed by atoms with van der Waals surface area (Å²) in [4.78, 5) is 28.3. The van der Waals surface area contributed by atoms with E-state index in [1.807, 2.05) is 18.2 Å². The van der Waals surface area contributed by atoms with Gasteiger partial charge in [-0.05, 0) is 42.8 Å². The van der Waals surface area contributed by atoms with Gasteiger partial charge in [0, 0.05) is 23.7 Å². The number of carbonyl (C=O) groups excluding carboxylic acids is 2. The van der Waals surface area contributed by atoms with Crippen molar-refractivity contribution in [2.75, 3.05) is 5.32 Å². The van der Waals surface area contributed by atoms with E-state index in [4.69, 9.17) is 9.47 Å². The lowest BCUT2D eigenvalue weighted by Crippen LogP contribution is -2.30. The van der Waals surface area contributed by atoms with Crippen LogP contribution >= 0.6 is 0 Å². The van der Waals surface area contributed by atoms with Crippen LogP contribution < -0.4 is 20.1 Å². The van der Waals surface area contributed by atoms with Gasteiger partial charge >= 0.3 is 0 Å². The number of pyridine rings is 1. The van der Waals surface area contributed by atoms with Gasteiger partial charge in [0.25, 0.3) is 5.91 Å². The number of ether oxygens (including phenoxy) is 2. The second-order valence-corrected chi connectivity index (χ2v) is 8.07. The highest BCUT2D eigenvalue weighted by molar-refractivity contribution is 5.95. The predicted octanol–water partition coefficient (Wildman–Crippen LogP) is 3.55. The molecule has 7 nitrogen and oxygen atoms in total. The van der Waals surface area contributed by atoms with Crippen LogP contribution in [-0.4, -0.2) is 28.9 Å². The molecule has 2 amide bonds. The highest BCUT2D eigenvalue weighted by atomic mass is 19.1. The first-order valence-corrected chi connectivity index (χ1v) is 10.4. The van der Waals surface area contributed by atoms with Crippen molar-refractivity contribution in [1.82, 2.24) is 10.3 Å². The Kier molecular flexibility index (Phi) is 4.14. The standard InChI is InChI=1S/C24H18FN3O4/c25-16-4-2-1-3-13(16)24(30)28-21-20-15-11-12(5-7-17(15)32-22(20)21)31-18-9-10-26-23-14(18)6-8-19(29)27-23/h1-5,7,9-11,20-22H,6,8H2,(H,28,30)(H,26,27,29)/t20-,21?,22-/m0/s1. The van der Waals surface area contributed by atoms with E-state index in [1.165, 1.54) is 12.1 Å². The largest absolute Gasteiger partial charge is 0.487 e. The van der Waals surface area contributed by atoms with Gasteiger partial charge in [-0.1, -0.05) is 12.1 Å². The van der Waals surface area contributed by atoms with E-state index in [9.17, 15) is 14.0 Å². The van der Waals surface area contributed by atoms with Crippen molar-refractivity contribution < 1.29 is 23.5 Å². The van der Waals surface area contributed by atoms with E-state index >= 15 is 0 Å². The Balaban J connectivity index is 1.20. The van der Waals surface area contributed by atoms with Crippen LogP contribution in [-0.2, 0) is 11.2 Å². The number of halogens is 1. The maximum atomic E-state index is 13.9. The van der Waals surface area contributed by atoms with Crippen molar-refractivity contribution in [1.29, 1.82) is 0 Å². The van der Waals surface area contributed by atoms with E-state index in [1.54, 1.807) is 24.4 Å². The molecule has 3 heterocycles. The number of rotatable bonds is 4. The van der Waals surface area contributed by atoms with Crippen LogP contribution in [0.25, 0.3) is 0 Å². The molecule has 3 aliphatic rings. The van der Waals surface area contributed by atoms with Crippen LogP contribution in [0.2, 0.25) is 0 Å². The van der Waals surface area contributed by atoms with Gasteiger partial charge in [-0.3, -0.25) is 9.59 Å². The molecule has 0 radical (unpaired) electrons. The third kappa shape index (κ3) is 3.07. The maximum absolute atomic E-state index is 13.9. The van der Waals surface area contributed by atoms with Crippen LogP contribution in [0.1, 0.15) is 33.8 Å². The Hall–Kier alpha value is -3.94. The summed E-state index contributed by atoms with van der Waals surface area (Å²) < 4.78 is 26.0. The van der Waals surface area contributed by atoms with Crippen LogP contribution in [0.3, 0.4) is 0 Å². The number of amides is 2. The molecule has 1 unspecified atom stereocenters. The summed E-state index contributed by atoms with van der Waals surface area (Å²) in [6.45, 7) is 0. The molecule has 1 fully saturated rings. The van der Waals surface area contributed by atoms with E-state index < -0.39 is 11.7 Å². The molecule has 0 spiro atoms. The summed E-state index contributed by atoms with van der Waals surface area (Å²) in [6, 6.07) is 13.0. The van der Waals surface area contributed by atoms with Crippen molar-refractivity contribution in [2.45, 2.75) is 30.9 Å². The fourth-order valence-corrected chi connectivity index (χ4v) is 4.43. The van der Waals surface area contributed by atoms with Gasteiger partial charge in [-0.2, -0.15) is 0 Å². The lowest BCUT2D eigenvalue weighted by molar-refractivity contribution is -0.116. The normalized spacial score (nSPS) is 22.0. The first kappa shape index (κ1) is 18.8. The van der Waals surface area contributed by atoms with Gasteiger partial charge in [0.2, 0.25) is 5.91 Å². The highest BCUT2D eigenvalue weighted by Crippen LogP contribution is 2.54. The minimum Gasteiger partial charge on any atom is -0.487 e. The summed E-state index contributed by atoms with van der Waals surface area (Å²) in [5, 5.41) is 5.64. The topological polar surface area (TPSA) is 89.5 Å². The van der Waals surface area contributed by atoms with Crippen LogP contribution in [0.15, 0.2) is 54.7 Å². The molecular weight excluding hydrogens is 413 g/mol. The third-order valence-corrected chi connectivity index (χ3v) is 6.07. The van der Waals surface area contributed by atoms with E-state index in [2.05, 4.69) is 15.6 Å². The Bertz CT molecular complexity index is 1280. The van der Waals surface area contributed by atoms with E-state index in [-0.39, 0.29) is 29.5 Å². The lowest BCUT2D eigenvalue weighted by Gasteiger charge is -2.19. The zero-order chi connectivity index (χ0) is 21.8. The molecule has 3 aromatic rings. The third-order valence-electron chi connectivity index (χ3n) is 6.07. The SMILES string of the molecule is O=C1CCc2c(Oc3ccc4c(c3)[C@H]3C(NC(=O)c5ccccc5F)[C@H]3O4)ccnc2N1. The van der Waals surface area contributed by atoms with Gasteiger partial charge in [0.05, 0.1) is 17.5 Å². The molecule has 32 heavy (non-hydrogen) atoms. The van der Waals surface area contributed by atoms with Crippen LogP contribution in [0.4, 0.5) is 10.2 Å². The molecule has 1 aliphatic carbocycles. The Morgan fingerprint density at radius 3 is 2.94 bits per heavy atom. The molecule has 2 aromatic carbocycles. The Morgan fingerprint density at radius 2 is 2.06 bits per heavy atom. The fraction of sp³-hybridized carbons (Fsp3) is 0.208. The monoisotopic (exact) mass is 431 g/mol. The zero-order valence-electron chi connectivity index (χ0n) is 16.8. The number of aromatic nitrogens is 1. The maximum Gasteiger partial charge on any atom is 0.254 e. The van der Waals surface area contributed by atoms with Gasteiger partial charge in [-0.25, -0.2) is 9.37 Å². The van der Waals surface area contributed by atoms with Crippen molar-refractivity contribution in [3.8, 4) is 17.2 Å². The molecule has 2 N–H and O–H groups in total. The Labute approximate surface area is 182 Å². The minimum atomic E-state index is -0.551. The smallest absolute Gasteiger partial charge is 0.254 e. The molecule has 2 aliphatic heterocycles. The van der Waals surface area contributed by atoms with Crippen molar-refractivity contribution in [3.63, 3.8) is 0 Å². The number of hydrogen-bond acceptors (Lipinski definition) is 5. The fourth-order valence-electron chi connectivity index (χ4n) is 4.43. The van der Waals surface area contributed by atoms with Crippen LogP contribution in [0.5, 0.6) is 17.2 Å².